The van der Waals surface area contributed by atoms with E-state index >= 15 is 0 Å². The first-order valence-corrected chi connectivity index (χ1v) is 18.4. The highest BCUT2D eigenvalue weighted by atomic mass is 19.4. The maximum Gasteiger partial charge on any atom is 0.416 e. The van der Waals surface area contributed by atoms with Gasteiger partial charge in [-0.05, 0) is 116 Å². The zero-order chi connectivity index (χ0) is 40.0. The second-order valence-corrected chi connectivity index (χ2v) is 14.4. The number of rotatable bonds is 10. The van der Waals surface area contributed by atoms with Crippen molar-refractivity contribution < 1.29 is 45.8 Å². The van der Waals surface area contributed by atoms with Crippen molar-refractivity contribution in [2.75, 3.05) is 56.2 Å². The third-order valence-electron chi connectivity index (χ3n) is 10.7. The molecule has 8 nitrogen and oxygen atoms in total. The number of carboxylic acids is 1. The first kappa shape index (κ1) is 43.9. The van der Waals surface area contributed by atoms with Gasteiger partial charge < -0.3 is 29.4 Å². The summed E-state index contributed by atoms with van der Waals surface area (Å²) in [5.41, 5.74) is -0.275. The van der Waals surface area contributed by atoms with E-state index in [0.29, 0.717) is 47.7 Å². The molecular weight excluding hydrogens is 702 g/mol. The number of ether oxygens (including phenoxy) is 1. The molecule has 0 unspecified atom stereocenters. The zero-order valence-corrected chi connectivity index (χ0v) is 32.4. The van der Waals surface area contributed by atoms with Crippen LogP contribution in [0.2, 0.25) is 0 Å². The molecule has 14 heteroatoms. The molecule has 0 bridgehead atoms. The lowest BCUT2D eigenvalue weighted by atomic mass is 9.97. The summed E-state index contributed by atoms with van der Waals surface area (Å²) >= 11 is 0. The van der Waals surface area contributed by atoms with Crippen molar-refractivity contribution in [1.82, 2.24) is 9.80 Å². The largest absolute Gasteiger partial charge is 0.478 e. The van der Waals surface area contributed by atoms with E-state index in [1.165, 1.54) is 13.2 Å². The Bertz CT molecular complexity index is 1550. The van der Waals surface area contributed by atoms with E-state index in [4.69, 9.17) is 4.74 Å². The third-order valence-corrected chi connectivity index (χ3v) is 10.7. The highest BCUT2D eigenvalue weighted by molar-refractivity contribution is 5.93. The van der Waals surface area contributed by atoms with Crippen LogP contribution in [0.4, 0.5) is 37.7 Å². The van der Waals surface area contributed by atoms with Crippen LogP contribution in [-0.2, 0) is 17.1 Å². The number of piperidine rings is 2. The van der Waals surface area contributed by atoms with Crippen molar-refractivity contribution in [1.29, 1.82) is 0 Å². The van der Waals surface area contributed by atoms with Crippen molar-refractivity contribution >= 4 is 23.3 Å². The zero-order valence-electron chi connectivity index (χ0n) is 32.4. The van der Waals surface area contributed by atoms with Gasteiger partial charge in [0.25, 0.3) is 0 Å². The van der Waals surface area contributed by atoms with Crippen LogP contribution in [0.5, 0.6) is 0 Å². The van der Waals surface area contributed by atoms with Gasteiger partial charge in [0.05, 0.1) is 29.4 Å². The topological polar surface area (TPSA) is 76.6 Å². The molecule has 2 aliphatic heterocycles. The van der Waals surface area contributed by atoms with Crippen LogP contribution in [0, 0.1) is 13.8 Å². The van der Waals surface area contributed by atoms with E-state index in [0.717, 1.165) is 70.1 Å². The predicted molar refractivity (Wildman–Crippen MR) is 196 cm³/mol. The van der Waals surface area contributed by atoms with Gasteiger partial charge in [0.2, 0.25) is 0 Å². The highest BCUT2D eigenvalue weighted by Crippen LogP contribution is 2.39. The average molecular weight is 759 g/mol. The van der Waals surface area contributed by atoms with Crippen LogP contribution in [0.25, 0.3) is 0 Å². The lowest BCUT2D eigenvalue weighted by Crippen LogP contribution is -2.47. The molecule has 1 N–H and O–H groups in total. The van der Waals surface area contributed by atoms with Gasteiger partial charge in [0, 0.05) is 74.8 Å². The monoisotopic (exact) mass is 758 g/mol. The van der Waals surface area contributed by atoms with Crippen molar-refractivity contribution in [2.24, 2.45) is 0 Å². The summed E-state index contributed by atoms with van der Waals surface area (Å²) in [4.78, 5) is 32.2. The van der Waals surface area contributed by atoms with Gasteiger partial charge >= 0.3 is 24.3 Å². The summed E-state index contributed by atoms with van der Waals surface area (Å²) < 4.78 is 84.8. The number of nitrogens with zero attached hydrogens (tertiary/aromatic N) is 4. The minimum atomic E-state index is -4.58. The summed E-state index contributed by atoms with van der Waals surface area (Å²) in [6.07, 6.45) is -5.63. The predicted octanol–water partition coefficient (Wildman–Crippen LogP) is 8.91. The second-order valence-electron chi connectivity index (χ2n) is 14.4. The van der Waals surface area contributed by atoms with Gasteiger partial charge in [-0.15, -0.1) is 0 Å². The molecule has 2 aromatic carbocycles. The van der Waals surface area contributed by atoms with Crippen LogP contribution in [0.3, 0.4) is 0 Å². The summed E-state index contributed by atoms with van der Waals surface area (Å²) in [5, 5.41) is 9.35. The van der Waals surface area contributed by atoms with Gasteiger partial charge in [-0.2, -0.15) is 26.3 Å². The lowest BCUT2D eigenvalue weighted by molar-refractivity contribution is -0.138. The Morgan fingerprint density at radius 3 is 1.34 bits per heavy atom. The standard InChI is InChI=1S/C20H29F3N2O2.C19H27F3N2O2/c1-6-25(16-7-9-24(10-8-16)13(2)3)18-12-15(20(21,22)23)11-17(14(18)4)19(26)27-5;1-5-24(15-6-8-23(9-7-15)12(2)3)17-11-14(19(20,21)22)10-16(13(17)4)18(25)26/h11-13,16H,6-10H2,1-5H3;10-12,15H,5-9H2,1-4H3,(H,25,26). The molecule has 0 saturated carbocycles. The number of likely N-dealkylation sites (tertiary alicyclic amines) is 2. The van der Waals surface area contributed by atoms with Gasteiger partial charge in [-0.25, -0.2) is 9.59 Å². The average Bonchev–Trinajstić information content (AvgIpc) is 3.09. The van der Waals surface area contributed by atoms with Crippen LogP contribution in [-0.4, -0.2) is 97.4 Å². The van der Waals surface area contributed by atoms with E-state index < -0.39 is 35.4 Å². The Hall–Kier alpha value is -3.52. The summed E-state index contributed by atoms with van der Waals surface area (Å²) in [6, 6.07) is 5.05. The minimum absolute atomic E-state index is 0.0274. The summed E-state index contributed by atoms with van der Waals surface area (Å²) in [7, 11) is 1.18. The normalized spacial score (nSPS) is 16.8. The molecule has 2 fully saturated rings. The first-order valence-electron chi connectivity index (χ1n) is 18.4. The van der Waals surface area contributed by atoms with Crippen molar-refractivity contribution in [3.05, 3.63) is 57.6 Å². The lowest BCUT2D eigenvalue weighted by Gasteiger charge is -2.41. The maximum atomic E-state index is 13.4. The van der Waals surface area contributed by atoms with E-state index in [1.54, 1.807) is 13.8 Å². The molecule has 0 amide bonds. The van der Waals surface area contributed by atoms with E-state index in [2.05, 4.69) is 37.5 Å². The Morgan fingerprint density at radius 1 is 0.717 bits per heavy atom. The number of carbonyl (C=O) groups excluding carboxylic acids is 1. The smallest absolute Gasteiger partial charge is 0.416 e. The van der Waals surface area contributed by atoms with Gasteiger partial charge in [0.1, 0.15) is 0 Å². The fourth-order valence-corrected chi connectivity index (χ4v) is 7.54. The number of hydrogen-bond donors (Lipinski definition) is 1. The van der Waals surface area contributed by atoms with E-state index in [-0.39, 0.29) is 23.2 Å². The summed E-state index contributed by atoms with van der Waals surface area (Å²) in [5.74, 6) is -2.08. The molecule has 0 spiro atoms. The van der Waals surface area contributed by atoms with Crippen LogP contribution < -0.4 is 9.80 Å². The minimum Gasteiger partial charge on any atom is -0.478 e. The number of anilines is 2. The van der Waals surface area contributed by atoms with Crippen molar-refractivity contribution in [3.63, 3.8) is 0 Å². The SMILES string of the molecule is CCN(c1cc(C(F)(F)F)cc(C(=O)O)c1C)C1CCN(C(C)C)CC1.CCN(c1cc(C(F)(F)F)cc(C(=O)OC)c1C)C1CCN(C(C)C)CC1. The Kier molecular flexibility index (Phi) is 15.1. The summed E-state index contributed by atoms with van der Waals surface area (Å²) in [6.45, 7) is 20.4. The molecular formula is C39H56F6N4O4. The highest BCUT2D eigenvalue weighted by Gasteiger charge is 2.36. The molecule has 2 aliphatic rings. The number of aromatic carboxylic acids is 1. The van der Waals surface area contributed by atoms with Gasteiger partial charge in [-0.1, -0.05) is 0 Å². The molecule has 4 rings (SSSR count). The Labute approximate surface area is 310 Å². The van der Waals surface area contributed by atoms with Crippen LogP contribution in [0.1, 0.15) is 110 Å². The van der Waals surface area contributed by atoms with Crippen LogP contribution in [0.15, 0.2) is 24.3 Å². The molecule has 0 atom stereocenters. The van der Waals surface area contributed by atoms with Crippen molar-refractivity contribution in [3.8, 4) is 0 Å². The number of carboxylic acid groups (broad SMARTS) is 1. The fraction of sp³-hybridized carbons (Fsp3) is 0.641. The number of esters is 1. The van der Waals surface area contributed by atoms with Crippen LogP contribution >= 0.6 is 0 Å². The molecule has 2 saturated heterocycles. The molecule has 298 valence electrons. The number of alkyl halides is 6. The molecule has 0 aromatic heterocycles. The maximum absolute atomic E-state index is 13.4. The van der Waals surface area contributed by atoms with Crippen molar-refractivity contribution in [2.45, 2.75) is 118 Å². The number of hydrogen-bond acceptors (Lipinski definition) is 7. The number of benzene rings is 2. The number of carbonyl (C=O) groups is 2. The molecule has 2 heterocycles. The van der Waals surface area contributed by atoms with E-state index in [9.17, 15) is 41.0 Å². The van der Waals surface area contributed by atoms with Gasteiger partial charge in [0.15, 0.2) is 0 Å². The van der Waals surface area contributed by atoms with E-state index in [1.807, 2.05) is 23.6 Å². The quantitative estimate of drug-likeness (QED) is 0.190. The second kappa shape index (κ2) is 18.2. The van der Waals surface area contributed by atoms with Gasteiger partial charge in [-0.3, -0.25) is 0 Å². The Balaban J connectivity index is 0.000000286. The third kappa shape index (κ3) is 10.8. The first-order chi connectivity index (χ1) is 24.7. The Morgan fingerprint density at radius 2 is 1.06 bits per heavy atom. The fourth-order valence-electron chi connectivity index (χ4n) is 7.54. The molecule has 53 heavy (non-hydrogen) atoms. The molecule has 2 aromatic rings. The molecule has 0 aliphatic carbocycles. The molecule has 0 radical (unpaired) electrons. The number of methoxy groups -OCH3 is 1. The number of halogens is 6.